The largest absolute Gasteiger partial charge is 1.00 e. The number of carbonyl (C=O) groups excluding carboxylic acids is 2. The summed E-state index contributed by atoms with van der Waals surface area (Å²) in [5.41, 5.74) is -2.33. The van der Waals surface area contributed by atoms with E-state index in [1.807, 2.05) is 0 Å². The number of ether oxygens (including phenoxy) is 2. The van der Waals surface area contributed by atoms with Gasteiger partial charge >= 0.3 is 75.2 Å². The van der Waals surface area contributed by atoms with Crippen molar-refractivity contribution in [3.63, 3.8) is 0 Å². The zero-order valence-electron chi connectivity index (χ0n) is 25.4. The van der Waals surface area contributed by atoms with E-state index in [-0.39, 0.29) is 75.9 Å². The third-order valence-electron chi connectivity index (χ3n) is 5.37. The van der Waals surface area contributed by atoms with Gasteiger partial charge in [-0.25, -0.2) is 4.79 Å². The molecule has 0 atom stereocenters. The van der Waals surface area contributed by atoms with Crippen molar-refractivity contribution in [3.8, 4) is 0 Å². The maximum Gasteiger partial charge on any atom is 1.00 e. The van der Waals surface area contributed by atoms with Gasteiger partial charge in [0.1, 0.15) is 0 Å². The molecule has 0 aliphatic carbocycles. The molecule has 0 aliphatic rings. The van der Waals surface area contributed by atoms with E-state index < -0.39 is 43.9 Å². The Morgan fingerprint density at radius 2 is 1.17 bits per heavy atom. The van der Waals surface area contributed by atoms with Crippen LogP contribution in [0.3, 0.4) is 0 Å². The first-order valence-corrected chi connectivity index (χ1v) is 13.2. The Balaban J connectivity index is -0.000000177. The molecule has 240 valence electrons. The van der Waals surface area contributed by atoms with Gasteiger partial charge in [0.2, 0.25) is 0 Å². The van der Waals surface area contributed by atoms with Crippen LogP contribution in [0.1, 0.15) is 105 Å². The fourth-order valence-corrected chi connectivity index (χ4v) is 2.57. The number of rotatable bonds is 20. The van der Waals surface area contributed by atoms with Gasteiger partial charge in [0.05, 0.1) is 59.6 Å². The molecule has 0 fully saturated rings. The van der Waals surface area contributed by atoms with Crippen molar-refractivity contribution in [2.45, 2.75) is 117 Å². The molecule has 0 amide bonds. The third-order valence-corrected chi connectivity index (χ3v) is 5.37. The van der Waals surface area contributed by atoms with Gasteiger partial charge in [-0.15, -0.1) is 0 Å². The third kappa shape index (κ3) is 29.4. The van der Waals surface area contributed by atoms with Crippen molar-refractivity contribution < 1.29 is 95.6 Å². The van der Waals surface area contributed by atoms with E-state index in [2.05, 4.69) is 20.4 Å². The van der Waals surface area contributed by atoms with Crippen LogP contribution in [0, 0.1) is 40.5 Å². The molecule has 0 saturated carbocycles. The van der Waals surface area contributed by atoms with Crippen LogP contribution in [0.25, 0.3) is 0 Å². The molecule has 0 bridgehead atoms. The summed E-state index contributed by atoms with van der Waals surface area (Å²) in [6.07, 6.45) is 9.64. The van der Waals surface area contributed by atoms with E-state index in [0.717, 1.165) is 58.8 Å². The molecule has 0 heterocycles. The molecule has 0 aromatic heterocycles. The SMILES string of the molecule is C=CC(=O)OCCCCCCC.CC([N+](=O)[O-])[N+](=O)[O-].CCCCCCCOC(=O)CCC(C)([N+](=O)[O-])[N+](=O)[O-].[K+].[OH-]. The smallest absolute Gasteiger partial charge is 0.870 e. The predicted molar refractivity (Wildman–Crippen MR) is 147 cm³/mol. The molecule has 1 N–H and O–H groups in total. The Bertz CT molecular complexity index is 772. The van der Waals surface area contributed by atoms with Gasteiger partial charge in [0, 0.05) is 6.08 Å². The molecule has 0 rings (SSSR count). The second-order valence-electron chi connectivity index (χ2n) is 8.85. The van der Waals surface area contributed by atoms with Crippen molar-refractivity contribution in [1.82, 2.24) is 0 Å². The Morgan fingerprint density at radius 1 is 0.786 bits per heavy atom. The van der Waals surface area contributed by atoms with Crippen molar-refractivity contribution in [2.75, 3.05) is 13.2 Å². The fraction of sp³-hybridized carbons (Fsp3) is 0.833. The summed E-state index contributed by atoms with van der Waals surface area (Å²) in [5, 5.41) is 40.3. The Kier molecular flexibility index (Phi) is 37.5. The summed E-state index contributed by atoms with van der Waals surface area (Å²) in [6, 6.07) is 0. The molecule has 0 unspecified atom stereocenters. The molecule has 18 heteroatoms. The van der Waals surface area contributed by atoms with Gasteiger partial charge in [-0.1, -0.05) is 71.8 Å². The van der Waals surface area contributed by atoms with Gasteiger partial charge in [-0.3, -0.25) is 45.3 Å². The summed E-state index contributed by atoms with van der Waals surface area (Å²) in [6.45, 7) is 10.2. The van der Waals surface area contributed by atoms with Gasteiger partial charge in [0.25, 0.3) is 0 Å². The van der Waals surface area contributed by atoms with E-state index in [4.69, 9.17) is 9.47 Å². The molecule has 0 radical (unpaired) electrons. The van der Waals surface area contributed by atoms with E-state index >= 15 is 0 Å². The number of nitrogens with zero attached hydrogens (tertiary/aromatic N) is 4. The van der Waals surface area contributed by atoms with Crippen LogP contribution < -0.4 is 51.4 Å². The van der Waals surface area contributed by atoms with E-state index in [1.54, 1.807) is 0 Å². The minimum Gasteiger partial charge on any atom is -0.870 e. The monoisotopic (exact) mass is 636 g/mol. The number of hydrogen-bond acceptors (Lipinski definition) is 13. The van der Waals surface area contributed by atoms with E-state index in [9.17, 15) is 50.0 Å². The molecule has 17 nitrogen and oxygen atoms in total. The van der Waals surface area contributed by atoms with E-state index in [0.29, 0.717) is 6.61 Å². The Hall–Kier alpha value is -2.12. The minimum atomic E-state index is -2.33. The van der Waals surface area contributed by atoms with Crippen LogP contribution in [0.4, 0.5) is 0 Å². The van der Waals surface area contributed by atoms with Gasteiger partial charge in [-0.2, -0.15) is 0 Å². The average Bonchev–Trinajstić information content (AvgIpc) is 2.90. The maximum absolute atomic E-state index is 11.4. The number of unbranched alkanes of at least 4 members (excludes halogenated alkanes) is 8. The molecule has 0 spiro atoms. The molecular formula is C24H45KN4O13. The molecule has 0 aliphatic heterocycles. The summed E-state index contributed by atoms with van der Waals surface area (Å²) in [4.78, 5) is 58.3. The Labute approximate surface area is 288 Å². The second kappa shape index (κ2) is 31.8. The van der Waals surface area contributed by atoms with Gasteiger partial charge in [-0.05, 0) is 12.8 Å². The van der Waals surface area contributed by atoms with Crippen molar-refractivity contribution >= 4 is 11.9 Å². The zero-order chi connectivity index (χ0) is 31.6. The maximum atomic E-state index is 11.4. The van der Waals surface area contributed by atoms with Crippen LogP contribution in [-0.4, -0.2) is 62.2 Å². The first-order chi connectivity index (χ1) is 18.7. The van der Waals surface area contributed by atoms with Crippen molar-refractivity contribution in [3.05, 3.63) is 53.1 Å². The van der Waals surface area contributed by atoms with E-state index in [1.165, 1.54) is 25.3 Å². The van der Waals surface area contributed by atoms with Crippen molar-refractivity contribution in [2.24, 2.45) is 0 Å². The van der Waals surface area contributed by atoms with Crippen LogP contribution in [0.15, 0.2) is 12.7 Å². The first kappa shape index (κ1) is 49.5. The first-order valence-electron chi connectivity index (χ1n) is 13.2. The quantitative estimate of drug-likeness (QED) is 0.0352. The summed E-state index contributed by atoms with van der Waals surface area (Å²) >= 11 is 0. The summed E-state index contributed by atoms with van der Waals surface area (Å²) in [5.74, 6) is -0.944. The van der Waals surface area contributed by atoms with Crippen molar-refractivity contribution in [1.29, 1.82) is 0 Å². The summed E-state index contributed by atoms with van der Waals surface area (Å²) < 4.78 is 9.71. The van der Waals surface area contributed by atoms with Crippen LogP contribution in [0.2, 0.25) is 0 Å². The molecule has 0 aromatic rings. The van der Waals surface area contributed by atoms with Gasteiger partial charge < -0.3 is 14.9 Å². The zero-order valence-corrected chi connectivity index (χ0v) is 28.5. The summed E-state index contributed by atoms with van der Waals surface area (Å²) in [7, 11) is 0. The number of carbonyl (C=O) groups is 2. The average molecular weight is 637 g/mol. The molecular weight excluding hydrogens is 591 g/mol. The number of nitro groups is 4. The van der Waals surface area contributed by atoms with Crippen LogP contribution in [0.5, 0.6) is 0 Å². The number of hydrogen-bond donors (Lipinski definition) is 0. The predicted octanol–water partition coefficient (Wildman–Crippen LogP) is 1.95. The van der Waals surface area contributed by atoms with Gasteiger partial charge in [0.15, 0.2) is 0 Å². The molecule has 42 heavy (non-hydrogen) atoms. The topological polar surface area (TPSA) is 255 Å². The standard InChI is InChI=1S/C12H22N2O6.C10H18O2.C2H4N2O4.K.H2O/c1-3-4-5-6-7-10-20-11(15)8-9-12(2,13(16)17)14(18)19;1-3-5-6-7-8-9-12-10(11)4-2;1-2(3(5)6)4(7)8;;/h3-10H2,1-2H3;4H,2-3,5-9H2,1H3;2H,1H3;;1H2/q;;;+1;/p-1. The normalized spacial score (nSPS) is 9.74. The van der Waals surface area contributed by atoms with Crippen LogP contribution in [-0.2, 0) is 19.1 Å². The number of esters is 2. The Morgan fingerprint density at radius 3 is 1.48 bits per heavy atom. The fourth-order valence-electron chi connectivity index (χ4n) is 2.57. The molecule has 0 saturated heterocycles. The second-order valence-corrected chi connectivity index (χ2v) is 8.85. The molecule has 0 aromatic carbocycles. The van der Waals surface area contributed by atoms with Crippen LogP contribution >= 0.6 is 0 Å². The minimum absolute atomic E-state index is 0.